The van der Waals surface area contributed by atoms with E-state index in [1.54, 1.807) is 11.4 Å². The summed E-state index contributed by atoms with van der Waals surface area (Å²) in [7, 11) is -2.38. The lowest BCUT2D eigenvalue weighted by Crippen LogP contribution is -2.48. The predicted molar refractivity (Wildman–Crippen MR) is 73.9 cm³/mol. The number of carboxylic acids is 1. The summed E-state index contributed by atoms with van der Waals surface area (Å²) in [5, 5.41) is 11.1. The summed E-state index contributed by atoms with van der Waals surface area (Å²) in [4.78, 5) is 12.4. The maximum atomic E-state index is 12.2. The number of hydrogen-bond donors (Lipinski definition) is 2. The fraction of sp³-hybridized carbons (Fsp3) is 0.545. The number of methoxy groups -OCH3 is 1. The Balaban J connectivity index is 2.25. The van der Waals surface area contributed by atoms with E-state index < -0.39 is 22.2 Å². The highest BCUT2D eigenvalue weighted by Crippen LogP contribution is 2.34. The predicted octanol–water partition coefficient (Wildman–Crippen LogP) is 0.213. The van der Waals surface area contributed by atoms with E-state index in [1.807, 2.05) is 0 Å². The Morgan fingerprint density at radius 2 is 2.40 bits per heavy atom. The Kier molecular flexibility index (Phi) is 4.76. The third kappa shape index (κ3) is 3.01. The van der Waals surface area contributed by atoms with E-state index in [0.717, 1.165) is 9.18 Å². The number of carbonyl (C=O) groups is 1. The molecule has 9 heteroatoms. The standard InChI is InChI=1S/C11H16N2O5S2/c1-18-6-4-12-20(16,17)13-5-2-9-8(3-7-19-9)10(13)11(14)15/h3,7,10,12H,2,4-6H2,1H3,(H,14,15). The van der Waals surface area contributed by atoms with Gasteiger partial charge in [0.2, 0.25) is 0 Å². The molecule has 1 aliphatic rings. The van der Waals surface area contributed by atoms with Crippen LogP contribution in [0.25, 0.3) is 0 Å². The molecule has 2 heterocycles. The molecule has 0 saturated carbocycles. The number of aliphatic carboxylic acids is 1. The summed E-state index contributed by atoms with van der Waals surface area (Å²) in [6.45, 7) is 0.499. The van der Waals surface area contributed by atoms with Crippen LogP contribution in [0.4, 0.5) is 0 Å². The average Bonchev–Trinajstić information content (AvgIpc) is 2.85. The second kappa shape index (κ2) is 6.19. The number of carboxylic acid groups (broad SMARTS) is 1. The fourth-order valence-electron chi connectivity index (χ4n) is 2.16. The largest absolute Gasteiger partial charge is 0.480 e. The number of fused-ring (bicyclic) bond motifs is 1. The monoisotopic (exact) mass is 320 g/mol. The second-order valence-corrected chi connectivity index (χ2v) is 7.00. The molecule has 0 fully saturated rings. The molecule has 0 saturated heterocycles. The van der Waals surface area contributed by atoms with Crippen molar-refractivity contribution in [1.29, 1.82) is 0 Å². The highest BCUT2D eigenvalue weighted by atomic mass is 32.2. The summed E-state index contributed by atoms with van der Waals surface area (Å²) in [5.41, 5.74) is 0.561. The van der Waals surface area contributed by atoms with E-state index in [0.29, 0.717) is 12.0 Å². The van der Waals surface area contributed by atoms with Gasteiger partial charge in [-0.25, -0.2) is 0 Å². The molecule has 7 nitrogen and oxygen atoms in total. The minimum atomic E-state index is -3.84. The van der Waals surface area contributed by atoms with Crippen LogP contribution in [0.3, 0.4) is 0 Å². The lowest BCUT2D eigenvalue weighted by atomic mass is 10.0. The van der Waals surface area contributed by atoms with Crippen molar-refractivity contribution >= 4 is 27.5 Å². The number of thiophene rings is 1. The number of nitrogens with one attached hydrogen (secondary N) is 1. The van der Waals surface area contributed by atoms with Crippen LogP contribution in [0, 0.1) is 0 Å². The minimum Gasteiger partial charge on any atom is -0.480 e. The SMILES string of the molecule is COCCNS(=O)(=O)N1CCc2sccc2C1C(=O)O. The van der Waals surface area contributed by atoms with Crippen molar-refractivity contribution in [3.63, 3.8) is 0 Å². The van der Waals surface area contributed by atoms with Gasteiger partial charge in [0.1, 0.15) is 6.04 Å². The fourth-order valence-corrected chi connectivity index (χ4v) is 4.39. The average molecular weight is 320 g/mol. The van der Waals surface area contributed by atoms with Gasteiger partial charge in [-0.3, -0.25) is 4.79 Å². The van der Waals surface area contributed by atoms with Gasteiger partial charge in [0.25, 0.3) is 10.2 Å². The van der Waals surface area contributed by atoms with Crippen LogP contribution in [0.2, 0.25) is 0 Å². The lowest BCUT2D eigenvalue weighted by Gasteiger charge is -2.32. The van der Waals surface area contributed by atoms with Gasteiger partial charge >= 0.3 is 5.97 Å². The van der Waals surface area contributed by atoms with Crippen LogP contribution >= 0.6 is 11.3 Å². The first-order valence-corrected chi connectivity index (χ1v) is 8.34. The van der Waals surface area contributed by atoms with Crippen molar-refractivity contribution in [3.8, 4) is 0 Å². The Hall–Kier alpha value is -1.00. The molecule has 0 amide bonds. The molecule has 1 unspecified atom stereocenters. The van der Waals surface area contributed by atoms with E-state index in [2.05, 4.69) is 4.72 Å². The quantitative estimate of drug-likeness (QED) is 0.731. The number of hydrogen-bond acceptors (Lipinski definition) is 5. The molecule has 1 atom stereocenters. The summed E-state index contributed by atoms with van der Waals surface area (Å²) in [6.07, 6.45) is 0.530. The van der Waals surface area contributed by atoms with E-state index in [4.69, 9.17) is 4.74 Å². The molecular formula is C11H16N2O5S2. The van der Waals surface area contributed by atoms with E-state index in [1.165, 1.54) is 18.4 Å². The van der Waals surface area contributed by atoms with Crippen LogP contribution < -0.4 is 4.72 Å². The van der Waals surface area contributed by atoms with Gasteiger partial charge in [0, 0.05) is 25.1 Å². The zero-order valence-corrected chi connectivity index (χ0v) is 12.5. The first-order chi connectivity index (χ1) is 9.47. The number of nitrogens with zero attached hydrogens (tertiary/aromatic N) is 1. The summed E-state index contributed by atoms with van der Waals surface area (Å²) in [5.74, 6) is -1.17. The minimum absolute atomic E-state index is 0.109. The number of ether oxygens (including phenoxy) is 1. The van der Waals surface area contributed by atoms with Crippen LogP contribution in [0.5, 0.6) is 0 Å². The van der Waals surface area contributed by atoms with E-state index in [-0.39, 0.29) is 19.7 Å². The third-order valence-electron chi connectivity index (χ3n) is 3.05. The van der Waals surface area contributed by atoms with Crippen molar-refractivity contribution in [1.82, 2.24) is 9.03 Å². The summed E-state index contributed by atoms with van der Waals surface area (Å²) in [6, 6.07) is 0.514. The summed E-state index contributed by atoms with van der Waals surface area (Å²) < 4.78 is 32.5. The van der Waals surface area contributed by atoms with E-state index in [9.17, 15) is 18.3 Å². The van der Waals surface area contributed by atoms with Gasteiger partial charge in [-0.05, 0) is 23.4 Å². The van der Waals surface area contributed by atoms with Gasteiger partial charge in [0.15, 0.2) is 0 Å². The molecule has 112 valence electrons. The zero-order valence-electron chi connectivity index (χ0n) is 10.9. The molecule has 1 aromatic heterocycles. The highest BCUT2D eigenvalue weighted by molar-refractivity contribution is 7.87. The Labute approximate surface area is 121 Å². The van der Waals surface area contributed by atoms with Crippen molar-refractivity contribution in [2.45, 2.75) is 12.5 Å². The molecule has 0 bridgehead atoms. The maximum Gasteiger partial charge on any atom is 0.326 e. The van der Waals surface area contributed by atoms with Crippen molar-refractivity contribution in [2.24, 2.45) is 0 Å². The normalized spacial score (nSPS) is 19.8. The van der Waals surface area contributed by atoms with Crippen molar-refractivity contribution in [2.75, 3.05) is 26.8 Å². The molecule has 20 heavy (non-hydrogen) atoms. The molecule has 0 aliphatic carbocycles. The van der Waals surface area contributed by atoms with Gasteiger partial charge in [0.05, 0.1) is 6.61 Å². The molecule has 2 N–H and O–H groups in total. The third-order valence-corrected chi connectivity index (χ3v) is 5.63. The molecule has 0 spiro atoms. The van der Waals surface area contributed by atoms with Crippen LogP contribution in [-0.2, 0) is 26.2 Å². The van der Waals surface area contributed by atoms with Crippen molar-refractivity contribution in [3.05, 3.63) is 21.9 Å². The van der Waals surface area contributed by atoms with Crippen LogP contribution in [0.1, 0.15) is 16.5 Å². The molecule has 0 aromatic carbocycles. The molecular weight excluding hydrogens is 304 g/mol. The number of rotatable bonds is 6. The van der Waals surface area contributed by atoms with Crippen LogP contribution in [0.15, 0.2) is 11.4 Å². The smallest absolute Gasteiger partial charge is 0.326 e. The van der Waals surface area contributed by atoms with Crippen LogP contribution in [-0.4, -0.2) is 50.6 Å². The zero-order chi connectivity index (χ0) is 14.8. The van der Waals surface area contributed by atoms with E-state index >= 15 is 0 Å². The highest BCUT2D eigenvalue weighted by Gasteiger charge is 2.40. The Morgan fingerprint density at radius 3 is 3.05 bits per heavy atom. The topological polar surface area (TPSA) is 95.9 Å². The van der Waals surface area contributed by atoms with Gasteiger partial charge in [-0.1, -0.05) is 0 Å². The van der Waals surface area contributed by atoms with Crippen molar-refractivity contribution < 1.29 is 23.1 Å². The molecule has 0 radical (unpaired) electrons. The first-order valence-electron chi connectivity index (χ1n) is 6.02. The van der Waals surface area contributed by atoms with Gasteiger partial charge in [-0.15, -0.1) is 11.3 Å². The Morgan fingerprint density at radius 1 is 1.65 bits per heavy atom. The maximum absolute atomic E-state index is 12.2. The lowest BCUT2D eigenvalue weighted by molar-refractivity contribution is -0.142. The first kappa shape index (κ1) is 15.4. The molecule has 1 aromatic rings. The molecule has 2 rings (SSSR count). The molecule has 1 aliphatic heterocycles. The van der Waals surface area contributed by atoms with Gasteiger partial charge < -0.3 is 9.84 Å². The second-order valence-electron chi connectivity index (χ2n) is 4.29. The summed E-state index contributed by atoms with van der Waals surface area (Å²) >= 11 is 1.46. The van der Waals surface area contributed by atoms with Gasteiger partial charge in [-0.2, -0.15) is 17.4 Å². The Bertz CT molecular complexity index is 583.